The zero-order chi connectivity index (χ0) is 34.9. The van der Waals surface area contributed by atoms with E-state index in [4.69, 9.17) is 0 Å². The third-order valence-corrected chi connectivity index (χ3v) is 12.5. The number of fused-ring (bicyclic) bond motifs is 12. The monoisotopic (exact) mass is 680 g/mol. The van der Waals surface area contributed by atoms with Crippen molar-refractivity contribution >= 4 is 75.1 Å². The molecule has 3 aromatic heterocycles. The van der Waals surface area contributed by atoms with Crippen LogP contribution in [0.4, 0.5) is 0 Å². The molecule has 11 rings (SSSR count). The van der Waals surface area contributed by atoms with Gasteiger partial charge in [0.2, 0.25) is 0 Å². The van der Waals surface area contributed by atoms with Crippen molar-refractivity contribution in [3.63, 3.8) is 0 Å². The molecule has 0 aliphatic heterocycles. The van der Waals surface area contributed by atoms with E-state index in [-0.39, 0.29) is 5.41 Å². The van der Waals surface area contributed by atoms with E-state index in [1.54, 1.807) is 0 Å². The number of thiophene rings is 1. The Labute approximate surface area is 303 Å². The molecule has 1 aliphatic rings. The molecule has 52 heavy (non-hydrogen) atoms. The summed E-state index contributed by atoms with van der Waals surface area (Å²) in [5, 5.41) is 26.3. The summed E-state index contributed by atoms with van der Waals surface area (Å²) in [6.45, 7) is 4.69. The minimum atomic E-state index is -0.0928. The molecule has 0 amide bonds. The van der Waals surface area contributed by atoms with Gasteiger partial charge >= 0.3 is 0 Å². The molecule has 0 N–H and O–H groups in total. The zero-order valence-corrected chi connectivity index (χ0v) is 29.2. The molecule has 0 bridgehead atoms. The smallest absolute Gasteiger partial charge is 0.0991 e. The second-order valence-corrected chi connectivity index (χ2v) is 15.5. The van der Waals surface area contributed by atoms with Crippen LogP contribution in [-0.2, 0) is 5.41 Å². The second-order valence-electron chi connectivity index (χ2n) is 14.4. The standard InChI is InChI=1S/C47H28N4S/c1-47(2)39-9-5-3-7-31(39)33-23-36-32-8-4-6-10-41(32)51(44(36)24-40(33)47)30-14-18-46-38(22-30)37-21-29(13-17-45(37)52-46)50-42-15-11-27(25-48)19-34(42)35-20-28(26-49)12-16-43(35)50/h3-24H,1-2H3. The summed E-state index contributed by atoms with van der Waals surface area (Å²) in [6, 6.07) is 52.3. The molecule has 0 saturated heterocycles. The van der Waals surface area contributed by atoms with Gasteiger partial charge in [-0.25, -0.2) is 0 Å². The van der Waals surface area contributed by atoms with Crippen LogP contribution in [0.5, 0.6) is 0 Å². The van der Waals surface area contributed by atoms with Crippen LogP contribution in [0.2, 0.25) is 0 Å². The van der Waals surface area contributed by atoms with Crippen LogP contribution in [0, 0.1) is 22.7 Å². The van der Waals surface area contributed by atoms with Crippen molar-refractivity contribution in [2.75, 3.05) is 0 Å². The van der Waals surface area contributed by atoms with Crippen molar-refractivity contribution in [1.82, 2.24) is 9.13 Å². The van der Waals surface area contributed by atoms with Gasteiger partial charge in [0.25, 0.3) is 0 Å². The van der Waals surface area contributed by atoms with Gasteiger partial charge in [0.15, 0.2) is 0 Å². The van der Waals surface area contributed by atoms with E-state index in [9.17, 15) is 10.5 Å². The number of hydrogen-bond donors (Lipinski definition) is 0. The largest absolute Gasteiger partial charge is 0.309 e. The van der Waals surface area contributed by atoms with Crippen LogP contribution in [0.1, 0.15) is 36.1 Å². The van der Waals surface area contributed by atoms with Gasteiger partial charge in [0, 0.05) is 58.5 Å². The van der Waals surface area contributed by atoms with E-state index in [0.29, 0.717) is 11.1 Å². The maximum Gasteiger partial charge on any atom is 0.0991 e. The number of nitriles is 2. The Morgan fingerprint density at radius 1 is 0.462 bits per heavy atom. The van der Waals surface area contributed by atoms with Gasteiger partial charge in [-0.05, 0) is 113 Å². The van der Waals surface area contributed by atoms with Crippen molar-refractivity contribution in [2.45, 2.75) is 19.3 Å². The molecule has 10 aromatic rings. The van der Waals surface area contributed by atoms with Crippen LogP contribution >= 0.6 is 11.3 Å². The highest BCUT2D eigenvalue weighted by molar-refractivity contribution is 7.25. The summed E-state index contributed by atoms with van der Waals surface area (Å²) in [7, 11) is 0. The molecule has 7 aromatic carbocycles. The fourth-order valence-electron chi connectivity index (χ4n) is 8.91. The first-order valence-electron chi connectivity index (χ1n) is 17.5. The molecule has 1 aliphatic carbocycles. The van der Waals surface area contributed by atoms with Gasteiger partial charge in [-0.1, -0.05) is 56.3 Å². The normalized spacial score (nSPS) is 13.3. The van der Waals surface area contributed by atoms with Gasteiger partial charge in [-0.2, -0.15) is 10.5 Å². The summed E-state index contributed by atoms with van der Waals surface area (Å²) in [4.78, 5) is 0. The number of rotatable bonds is 2. The van der Waals surface area contributed by atoms with Crippen LogP contribution in [0.15, 0.2) is 133 Å². The summed E-state index contributed by atoms with van der Waals surface area (Å²) in [6.07, 6.45) is 0. The van der Waals surface area contributed by atoms with E-state index >= 15 is 0 Å². The molecular formula is C47H28N4S. The lowest BCUT2D eigenvalue weighted by Crippen LogP contribution is -2.14. The first-order chi connectivity index (χ1) is 25.4. The minimum Gasteiger partial charge on any atom is -0.309 e. The van der Waals surface area contributed by atoms with Crippen molar-refractivity contribution in [1.29, 1.82) is 10.5 Å². The van der Waals surface area contributed by atoms with Crippen LogP contribution in [-0.4, -0.2) is 9.13 Å². The van der Waals surface area contributed by atoms with E-state index in [1.165, 1.54) is 64.2 Å². The zero-order valence-electron chi connectivity index (χ0n) is 28.4. The lowest BCUT2D eigenvalue weighted by Gasteiger charge is -2.21. The molecule has 0 fully saturated rings. The van der Waals surface area contributed by atoms with E-state index in [1.807, 2.05) is 47.7 Å². The third-order valence-electron chi connectivity index (χ3n) is 11.4. The summed E-state index contributed by atoms with van der Waals surface area (Å²) in [5.41, 5.74) is 13.1. The van der Waals surface area contributed by atoms with Gasteiger partial charge in [0.1, 0.15) is 0 Å². The average molecular weight is 681 g/mol. The Kier molecular flexibility index (Phi) is 5.71. The molecule has 0 radical (unpaired) electrons. The lowest BCUT2D eigenvalue weighted by atomic mass is 9.82. The fourth-order valence-corrected chi connectivity index (χ4v) is 9.98. The maximum atomic E-state index is 9.69. The highest BCUT2D eigenvalue weighted by Gasteiger charge is 2.36. The van der Waals surface area contributed by atoms with E-state index in [2.05, 4.69) is 132 Å². The third kappa shape index (κ3) is 3.78. The van der Waals surface area contributed by atoms with Crippen molar-refractivity contribution < 1.29 is 0 Å². The van der Waals surface area contributed by atoms with E-state index in [0.717, 1.165) is 33.2 Å². The second kappa shape index (κ2) is 10.2. The number of para-hydroxylation sites is 1. The Bertz CT molecular complexity index is 3230. The van der Waals surface area contributed by atoms with Crippen LogP contribution in [0.25, 0.3) is 86.3 Å². The highest BCUT2D eigenvalue weighted by atomic mass is 32.1. The molecule has 242 valence electrons. The lowest BCUT2D eigenvalue weighted by molar-refractivity contribution is 0.661. The SMILES string of the molecule is CC1(C)c2ccccc2-c2cc3c4ccccc4n(-c4ccc5sc6ccc(-n7c8ccc(C#N)cc8c8cc(C#N)ccc87)cc6c5c4)c3cc21. The Morgan fingerprint density at radius 3 is 1.67 bits per heavy atom. The summed E-state index contributed by atoms with van der Waals surface area (Å²) >= 11 is 1.82. The molecular weight excluding hydrogens is 653 g/mol. The predicted octanol–water partition coefficient (Wildman–Crippen LogP) is 12.3. The Balaban J connectivity index is 1.15. The quantitative estimate of drug-likeness (QED) is 0.182. The average Bonchev–Trinajstić information content (AvgIpc) is 3.88. The van der Waals surface area contributed by atoms with Crippen LogP contribution in [0.3, 0.4) is 0 Å². The topological polar surface area (TPSA) is 57.4 Å². The molecule has 5 heteroatoms. The first kappa shape index (κ1) is 29.1. The Morgan fingerprint density at radius 2 is 1.02 bits per heavy atom. The summed E-state index contributed by atoms with van der Waals surface area (Å²) in [5.74, 6) is 0. The van der Waals surface area contributed by atoms with Crippen LogP contribution < -0.4 is 0 Å². The molecule has 0 saturated carbocycles. The highest BCUT2D eigenvalue weighted by Crippen LogP contribution is 2.51. The maximum absolute atomic E-state index is 9.69. The van der Waals surface area contributed by atoms with Gasteiger partial charge < -0.3 is 9.13 Å². The van der Waals surface area contributed by atoms with Gasteiger partial charge in [0.05, 0.1) is 45.3 Å². The molecule has 3 heterocycles. The number of benzene rings is 7. The number of nitrogens with zero attached hydrogens (tertiary/aromatic N) is 4. The molecule has 0 unspecified atom stereocenters. The molecule has 4 nitrogen and oxygen atoms in total. The number of hydrogen-bond acceptors (Lipinski definition) is 3. The van der Waals surface area contributed by atoms with Crippen molar-refractivity contribution in [3.05, 3.63) is 156 Å². The molecule has 0 spiro atoms. The Hall–Kier alpha value is -6.66. The summed E-state index contributed by atoms with van der Waals surface area (Å²) < 4.78 is 7.18. The van der Waals surface area contributed by atoms with Gasteiger partial charge in [-0.3, -0.25) is 0 Å². The van der Waals surface area contributed by atoms with Crippen molar-refractivity contribution in [3.8, 4) is 34.6 Å². The predicted molar refractivity (Wildman–Crippen MR) is 215 cm³/mol. The fraction of sp³-hybridized carbons (Fsp3) is 0.0638. The van der Waals surface area contributed by atoms with E-state index < -0.39 is 0 Å². The number of aromatic nitrogens is 2. The van der Waals surface area contributed by atoms with Crippen molar-refractivity contribution in [2.24, 2.45) is 0 Å². The molecule has 0 atom stereocenters. The van der Waals surface area contributed by atoms with Gasteiger partial charge in [-0.15, -0.1) is 11.3 Å². The first-order valence-corrected chi connectivity index (χ1v) is 18.3. The minimum absolute atomic E-state index is 0.0928.